The molecular formula is C18H23ClN4O2. The molecule has 1 aromatic heterocycles. The zero-order valence-electron chi connectivity index (χ0n) is 14.2. The molecule has 3 heterocycles. The summed E-state index contributed by atoms with van der Waals surface area (Å²) in [4.78, 5) is 22.5. The highest BCUT2D eigenvalue weighted by Gasteiger charge is 2.23. The Bertz CT molecular complexity index is 800. The van der Waals surface area contributed by atoms with Crippen LogP contribution in [-0.4, -0.2) is 36.1 Å². The van der Waals surface area contributed by atoms with E-state index in [0.717, 1.165) is 42.9 Å². The number of nitrogens with zero attached hydrogens (tertiary/aromatic N) is 2. The molecule has 2 N–H and O–H groups in total. The number of hydrogen-bond donors (Lipinski definition) is 2. The molecule has 4 rings (SSSR count). The number of para-hydroxylation sites is 1. The van der Waals surface area contributed by atoms with Crippen LogP contribution in [0.5, 0.6) is 5.75 Å². The van der Waals surface area contributed by atoms with Gasteiger partial charge >= 0.3 is 0 Å². The smallest absolute Gasteiger partial charge is 0.256 e. The predicted octanol–water partition coefficient (Wildman–Crippen LogP) is 1.86. The van der Waals surface area contributed by atoms with Crippen LogP contribution in [0.2, 0.25) is 0 Å². The van der Waals surface area contributed by atoms with Crippen LogP contribution in [0.3, 0.4) is 0 Å². The molecule has 0 bridgehead atoms. The fourth-order valence-electron chi connectivity index (χ4n) is 3.49. The van der Waals surface area contributed by atoms with Crippen LogP contribution in [0.1, 0.15) is 29.7 Å². The fraction of sp³-hybridized carbons (Fsp3) is 0.444. The van der Waals surface area contributed by atoms with E-state index in [1.807, 2.05) is 31.3 Å². The van der Waals surface area contributed by atoms with Crippen molar-refractivity contribution in [3.8, 4) is 5.75 Å². The van der Waals surface area contributed by atoms with E-state index in [1.54, 1.807) is 0 Å². The summed E-state index contributed by atoms with van der Waals surface area (Å²) in [6.07, 6.45) is 2.68. The molecule has 0 atom stereocenters. The molecule has 1 saturated heterocycles. The lowest BCUT2D eigenvalue weighted by molar-refractivity contribution is 0.302. The van der Waals surface area contributed by atoms with Crippen LogP contribution in [0.4, 0.5) is 5.95 Å². The van der Waals surface area contributed by atoms with E-state index < -0.39 is 0 Å². The monoisotopic (exact) mass is 362 g/mol. The quantitative estimate of drug-likeness (QED) is 0.853. The molecule has 2 aliphatic rings. The third-order valence-electron chi connectivity index (χ3n) is 5.00. The van der Waals surface area contributed by atoms with Crippen LogP contribution >= 0.6 is 12.4 Å². The SMILES string of the molecule is CNC1CCN(c2nc3c(c(=O)[nH]2)Cc2ccccc2OC3)CC1.Cl. The number of rotatable bonds is 2. The Kier molecular flexibility index (Phi) is 5.30. The molecule has 1 fully saturated rings. The van der Waals surface area contributed by atoms with Gasteiger partial charge in [-0.05, 0) is 31.5 Å². The van der Waals surface area contributed by atoms with Crippen molar-refractivity contribution < 1.29 is 4.74 Å². The van der Waals surface area contributed by atoms with Crippen molar-refractivity contribution in [1.29, 1.82) is 0 Å². The molecule has 0 saturated carbocycles. The van der Waals surface area contributed by atoms with Gasteiger partial charge in [-0.25, -0.2) is 4.98 Å². The molecule has 0 spiro atoms. The summed E-state index contributed by atoms with van der Waals surface area (Å²) in [5.41, 5.74) is 2.45. The molecule has 2 aliphatic heterocycles. The van der Waals surface area contributed by atoms with Crippen molar-refractivity contribution in [3.63, 3.8) is 0 Å². The molecule has 2 aromatic rings. The van der Waals surface area contributed by atoms with Gasteiger partial charge in [-0.15, -0.1) is 12.4 Å². The number of anilines is 1. The second-order valence-electron chi connectivity index (χ2n) is 6.44. The number of H-pyrrole nitrogens is 1. The summed E-state index contributed by atoms with van der Waals surface area (Å²) >= 11 is 0. The number of ether oxygens (including phenoxy) is 1. The number of fused-ring (bicyclic) bond motifs is 2. The number of halogens is 1. The Morgan fingerprint density at radius 1 is 1.28 bits per heavy atom. The largest absolute Gasteiger partial charge is 0.487 e. The van der Waals surface area contributed by atoms with Crippen molar-refractivity contribution in [2.75, 3.05) is 25.0 Å². The highest BCUT2D eigenvalue weighted by Crippen LogP contribution is 2.26. The maximum Gasteiger partial charge on any atom is 0.256 e. The third-order valence-corrected chi connectivity index (χ3v) is 5.00. The third kappa shape index (κ3) is 3.50. The Morgan fingerprint density at radius 2 is 2.04 bits per heavy atom. The molecular weight excluding hydrogens is 340 g/mol. The average Bonchev–Trinajstić information content (AvgIpc) is 2.82. The summed E-state index contributed by atoms with van der Waals surface area (Å²) in [6.45, 7) is 2.14. The molecule has 1 aromatic carbocycles. The van der Waals surface area contributed by atoms with Gasteiger partial charge in [0.25, 0.3) is 5.56 Å². The molecule has 6 nitrogen and oxygen atoms in total. The van der Waals surface area contributed by atoms with Gasteiger partial charge in [0.15, 0.2) is 0 Å². The molecule has 0 radical (unpaired) electrons. The summed E-state index contributed by atoms with van der Waals surface area (Å²) < 4.78 is 5.86. The van der Waals surface area contributed by atoms with Gasteiger partial charge in [-0.3, -0.25) is 9.78 Å². The lowest BCUT2D eigenvalue weighted by atomic mass is 10.0. The zero-order chi connectivity index (χ0) is 16.5. The van der Waals surface area contributed by atoms with Crippen molar-refractivity contribution in [1.82, 2.24) is 15.3 Å². The van der Waals surface area contributed by atoms with Gasteiger partial charge < -0.3 is 15.0 Å². The maximum absolute atomic E-state index is 12.6. The van der Waals surface area contributed by atoms with Crippen molar-refractivity contribution in [2.24, 2.45) is 0 Å². The zero-order valence-corrected chi connectivity index (χ0v) is 15.1. The Labute approximate surface area is 153 Å². The first-order valence-electron chi connectivity index (χ1n) is 8.49. The maximum atomic E-state index is 12.6. The number of aromatic amines is 1. The van der Waals surface area contributed by atoms with Crippen LogP contribution in [-0.2, 0) is 13.0 Å². The van der Waals surface area contributed by atoms with Gasteiger partial charge in [-0.1, -0.05) is 18.2 Å². The van der Waals surface area contributed by atoms with E-state index in [4.69, 9.17) is 9.72 Å². The molecule has 0 unspecified atom stereocenters. The second kappa shape index (κ2) is 7.45. The van der Waals surface area contributed by atoms with E-state index in [9.17, 15) is 4.79 Å². The summed E-state index contributed by atoms with van der Waals surface area (Å²) in [5.74, 6) is 1.51. The van der Waals surface area contributed by atoms with Crippen LogP contribution in [0, 0.1) is 0 Å². The fourth-order valence-corrected chi connectivity index (χ4v) is 3.49. The lowest BCUT2D eigenvalue weighted by Crippen LogP contribution is -2.42. The van der Waals surface area contributed by atoms with E-state index in [1.165, 1.54) is 0 Å². The van der Waals surface area contributed by atoms with Crippen molar-refractivity contribution in [2.45, 2.75) is 31.9 Å². The first-order valence-corrected chi connectivity index (χ1v) is 8.49. The van der Waals surface area contributed by atoms with Crippen molar-refractivity contribution >= 4 is 18.4 Å². The van der Waals surface area contributed by atoms with Gasteiger partial charge in [0.1, 0.15) is 12.4 Å². The number of hydrogen-bond acceptors (Lipinski definition) is 5. The minimum Gasteiger partial charge on any atom is -0.487 e. The average molecular weight is 363 g/mol. The van der Waals surface area contributed by atoms with E-state index in [0.29, 0.717) is 30.6 Å². The van der Waals surface area contributed by atoms with Gasteiger partial charge in [-0.2, -0.15) is 0 Å². The second-order valence-corrected chi connectivity index (χ2v) is 6.44. The Balaban J connectivity index is 0.00000182. The lowest BCUT2D eigenvalue weighted by Gasteiger charge is -2.32. The first kappa shape index (κ1) is 17.8. The summed E-state index contributed by atoms with van der Waals surface area (Å²) in [6, 6.07) is 8.41. The normalized spacial score (nSPS) is 16.9. The number of benzene rings is 1. The summed E-state index contributed by atoms with van der Waals surface area (Å²) in [7, 11) is 2.00. The van der Waals surface area contributed by atoms with E-state index in [-0.39, 0.29) is 18.0 Å². The van der Waals surface area contributed by atoms with Crippen LogP contribution < -0.4 is 20.5 Å². The van der Waals surface area contributed by atoms with Crippen LogP contribution in [0.15, 0.2) is 29.1 Å². The molecule has 25 heavy (non-hydrogen) atoms. The van der Waals surface area contributed by atoms with Crippen LogP contribution in [0.25, 0.3) is 0 Å². The highest BCUT2D eigenvalue weighted by molar-refractivity contribution is 5.85. The predicted molar refractivity (Wildman–Crippen MR) is 100.0 cm³/mol. The number of aromatic nitrogens is 2. The molecule has 7 heteroatoms. The minimum absolute atomic E-state index is 0. The van der Waals surface area contributed by atoms with Gasteiger partial charge in [0, 0.05) is 31.1 Å². The summed E-state index contributed by atoms with van der Waals surface area (Å²) in [5, 5.41) is 3.32. The molecule has 0 aliphatic carbocycles. The molecule has 134 valence electrons. The topological polar surface area (TPSA) is 70.2 Å². The van der Waals surface area contributed by atoms with E-state index in [2.05, 4.69) is 15.2 Å². The molecule has 0 amide bonds. The number of piperidine rings is 1. The van der Waals surface area contributed by atoms with Gasteiger partial charge in [0.2, 0.25) is 5.95 Å². The Hall–Kier alpha value is -2.05. The highest BCUT2D eigenvalue weighted by atomic mass is 35.5. The van der Waals surface area contributed by atoms with Gasteiger partial charge in [0.05, 0.1) is 5.69 Å². The minimum atomic E-state index is -0.0500. The standard InChI is InChI=1S/C18H22N4O2.ClH/c1-19-13-6-8-22(9-7-13)18-20-15-11-24-16-5-3-2-4-12(16)10-14(15)17(23)21-18;/h2-5,13,19H,6-11H2,1H3,(H,20,21,23);1H. The number of nitrogens with one attached hydrogen (secondary N) is 2. The van der Waals surface area contributed by atoms with Crippen molar-refractivity contribution in [3.05, 3.63) is 51.4 Å². The Morgan fingerprint density at radius 3 is 2.80 bits per heavy atom. The van der Waals surface area contributed by atoms with E-state index >= 15 is 0 Å². The first-order chi connectivity index (χ1) is 11.7.